The summed E-state index contributed by atoms with van der Waals surface area (Å²) in [7, 11) is 0. The highest BCUT2D eigenvalue weighted by Gasteiger charge is 2.28. The van der Waals surface area contributed by atoms with Gasteiger partial charge in [0.25, 0.3) is 5.91 Å². The first kappa shape index (κ1) is 21.5. The molecule has 0 saturated carbocycles. The number of halogens is 3. The first-order chi connectivity index (χ1) is 12.2. The zero-order valence-corrected chi connectivity index (χ0v) is 14.2. The summed E-state index contributed by atoms with van der Waals surface area (Å²) >= 11 is 0. The molecule has 0 bridgehead atoms. The lowest BCUT2D eigenvalue weighted by Crippen LogP contribution is -2.31. The van der Waals surface area contributed by atoms with Crippen LogP contribution in [0.15, 0.2) is 36.9 Å². The molecular weight excluding hydrogens is 355 g/mol. The molecule has 1 unspecified atom stereocenters. The van der Waals surface area contributed by atoms with Crippen molar-refractivity contribution in [1.29, 1.82) is 0 Å². The zero-order chi connectivity index (χ0) is 19.6. The van der Waals surface area contributed by atoms with Gasteiger partial charge in [-0.1, -0.05) is 18.2 Å². The van der Waals surface area contributed by atoms with Gasteiger partial charge in [0.05, 0.1) is 6.61 Å². The molecule has 6 nitrogen and oxygen atoms in total. The minimum Gasteiger partial charge on any atom is -0.484 e. The van der Waals surface area contributed by atoms with Crippen LogP contribution in [0, 0.1) is 0 Å². The van der Waals surface area contributed by atoms with Crippen LogP contribution in [0.25, 0.3) is 0 Å². The van der Waals surface area contributed by atoms with E-state index < -0.39 is 37.4 Å². The maximum atomic E-state index is 12.1. The van der Waals surface area contributed by atoms with E-state index in [0.29, 0.717) is 5.56 Å². The number of hydrogen-bond donors (Lipinski definition) is 1. The molecule has 26 heavy (non-hydrogen) atoms. The number of amides is 1. The molecule has 1 rings (SSSR count). The molecule has 1 N–H and O–H groups in total. The highest BCUT2D eigenvalue weighted by Crippen LogP contribution is 2.19. The largest absolute Gasteiger partial charge is 0.484 e. The first-order valence-corrected chi connectivity index (χ1v) is 7.65. The van der Waals surface area contributed by atoms with Gasteiger partial charge in [-0.2, -0.15) is 13.2 Å². The van der Waals surface area contributed by atoms with Crippen LogP contribution >= 0.6 is 0 Å². The number of alkyl halides is 3. The molecule has 0 aliphatic heterocycles. The zero-order valence-electron chi connectivity index (χ0n) is 14.2. The van der Waals surface area contributed by atoms with Crippen molar-refractivity contribution in [2.24, 2.45) is 0 Å². The molecule has 1 aromatic carbocycles. The number of rotatable bonds is 10. The summed E-state index contributed by atoms with van der Waals surface area (Å²) in [5, 5.41) is 2.49. The summed E-state index contributed by atoms with van der Waals surface area (Å²) in [5.74, 6) is -1.21. The van der Waals surface area contributed by atoms with Crippen LogP contribution in [0.2, 0.25) is 0 Å². The highest BCUT2D eigenvalue weighted by atomic mass is 19.4. The topological polar surface area (TPSA) is 73.9 Å². The Morgan fingerprint density at radius 2 is 2.08 bits per heavy atom. The van der Waals surface area contributed by atoms with Gasteiger partial charge in [0.1, 0.15) is 5.75 Å². The number of carbonyl (C=O) groups is 2. The van der Waals surface area contributed by atoms with Crippen molar-refractivity contribution in [1.82, 2.24) is 5.32 Å². The van der Waals surface area contributed by atoms with Crippen molar-refractivity contribution >= 4 is 11.9 Å². The van der Waals surface area contributed by atoms with Gasteiger partial charge < -0.3 is 19.5 Å². The summed E-state index contributed by atoms with van der Waals surface area (Å²) in [6.45, 7) is 3.25. The Hall–Kier alpha value is -2.55. The highest BCUT2D eigenvalue weighted by molar-refractivity contribution is 5.81. The average molecular weight is 375 g/mol. The molecule has 0 aliphatic carbocycles. The van der Waals surface area contributed by atoms with Crippen LogP contribution in [0.4, 0.5) is 13.2 Å². The van der Waals surface area contributed by atoms with E-state index in [0.717, 1.165) is 0 Å². The minimum absolute atomic E-state index is 0.0358. The van der Waals surface area contributed by atoms with Crippen LogP contribution < -0.4 is 10.1 Å². The van der Waals surface area contributed by atoms with Crippen molar-refractivity contribution < 1.29 is 37.0 Å². The maximum Gasteiger partial charge on any atom is 0.422 e. The third-order valence-electron chi connectivity index (χ3n) is 2.93. The normalized spacial score (nSPS) is 12.2. The van der Waals surface area contributed by atoms with Crippen LogP contribution in [-0.2, 0) is 25.6 Å². The minimum atomic E-state index is -4.43. The molecule has 0 heterocycles. The van der Waals surface area contributed by atoms with Crippen molar-refractivity contribution in [3.63, 3.8) is 0 Å². The number of hydrogen-bond acceptors (Lipinski definition) is 5. The lowest BCUT2D eigenvalue weighted by Gasteiger charge is -2.12. The smallest absolute Gasteiger partial charge is 0.422 e. The van der Waals surface area contributed by atoms with E-state index in [4.69, 9.17) is 9.47 Å². The van der Waals surface area contributed by atoms with Crippen LogP contribution in [-0.4, -0.2) is 44.0 Å². The molecule has 0 aliphatic rings. The fourth-order valence-corrected chi connectivity index (χ4v) is 1.70. The Morgan fingerprint density at radius 3 is 2.73 bits per heavy atom. The molecule has 1 amide bonds. The van der Waals surface area contributed by atoms with Gasteiger partial charge in [-0.25, -0.2) is 4.79 Å². The lowest BCUT2D eigenvalue weighted by molar-refractivity contribution is -0.158. The van der Waals surface area contributed by atoms with Gasteiger partial charge in [0, 0.05) is 6.54 Å². The van der Waals surface area contributed by atoms with E-state index >= 15 is 0 Å². The standard InChI is InChI=1S/C17H20F3NO5/c1-3-7-24-12(2)16(23)25-10-15(22)21-9-13-5-4-6-14(8-13)26-11-17(18,19)20/h3-6,8,12H,1,7,9-11H2,2H3,(H,21,22). The Kier molecular flexibility index (Phi) is 8.63. The molecule has 0 aromatic heterocycles. The SMILES string of the molecule is C=CCOC(C)C(=O)OCC(=O)NCc1cccc(OCC(F)(F)F)c1. The lowest BCUT2D eigenvalue weighted by atomic mass is 10.2. The fourth-order valence-electron chi connectivity index (χ4n) is 1.70. The second-order valence-corrected chi connectivity index (χ2v) is 5.20. The summed E-state index contributed by atoms with van der Waals surface area (Å²) in [6, 6.07) is 5.87. The van der Waals surface area contributed by atoms with E-state index in [1.54, 1.807) is 6.07 Å². The van der Waals surface area contributed by atoms with Gasteiger partial charge in [0.15, 0.2) is 19.3 Å². The Morgan fingerprint density at radius 1 is 1.35 bits per heavy atom. The van der Waals surface area contributed by atoms with Crippen molar-refractivity contribution in [3.05, 3.63) is 42.5 Å². The molecule has 0 saturated heterocycles. The third kappa shape index (κ3) is 9.07. The second kappa shape index (κ2) is 10.4. The molecule has 0 spiro atoms. The fraction of sp³-hybridized carbons (Fsp3) is 0.412. The number of nitrogens with one attached hydrogen (secondary N) is 1. The maximum absolute atomic E-state index is 12.1. The first-order valence-electron chi connectivity index (χ1n) is 7.65. The third-order valence-corrected chi connectivity index (χ3v) is 2.93. The van der Waals surface area contributed by atoms with Gasteiger partial charge in [-0.3, -0.25) is 4.79 Å². The van der Waals surface area contributed by atoms with Crippen molar-refractivity contribution in [3.8, 4) is 5.75 Å². The molecular formula is C17H20F3NO5. The molecule has 0 radical (unpaired) electrons. The van der Waals surface area contributed by atoms with Gasteiger partial charge in [-0.15, -0.1) is 6.58 Å². The van der Waals surface area contributed by atoms with Crippen LogP contribution in [0.3, 0.4) is 0 Å². The number of carbonyl (C=O) groups excluding carboxylic acids is 2. The van der Waals surface area contributed by atoms with E-state index in [9.17, 15) is 22.8 Å². The van der Waals surface area contributed by atoms with Gasteiger partial charge >= 0.3 is 12.1 Å². The van der Waals surface area contributed by atoms with Crippen molar-refractivity contribution in [2.75, 3.05) is 19.8 Å². The summed E-state index contributed by atoms with van der Waals surface area (Å²) in [5.41, 5.74) is 0.534. The van der Waals surface area contributed by atoms with E-state index in [-0.39, 0.29) is 18.9 Å². The molecule has 1 atom stereocenters. The summed E-state index contributed by atoms with van der Waals surface area (Å²) < 4.78 is 50.9. The van der Waals surface area contributed by atoms with Crippen LogP contribution in [0.1, 0.15) is 12.5 Å². The van der Waals surface area contributed by atoms with Crippen LogP contribution in [0.5, 0.6) is 5.75 Å². The molecule has 144 valence electrons. The molecule has 1 aromatic rings. The quantitative estimate of drug-likeness (QED) is 0.502. The second-order valence-electron chi connectivity index (χ2n) is 5.20. The van der Waals surface area contributed by atoms with Gasteiger partial charge in [0.2, 0.25) is 0 Å². The average Bonchev–Trinajstić information content (AvgIpc) is 2.60. The predicted octanol–water partition coefficient (Wildman–Crippen LogP) is 2.38. The Labute approximate surface area is 148 Å². The van der Waals surface area contributed by atoms with E-state index in [1.807, 2.05) is 0 Å². The summed E-state index contributed by atoms with van der Waals surface area (Å²) in [4.78, 5) is 23.2. The van der Waals surface area contributed by atoms with Gasteiger partial charge in [-0.05, 0) is 24.6 Å². The monoisotopic (exact) mass is 375 g/mol. The number of ether oxygens (including phenoxy) is 3. The Balaban J connectivity index is 2.38. The Bertz CT molecular complexity index is 619. The number of benzene rings is 1. The number of esters is 1. The molecule has 0 fully saturated rings. The van der Waals surface area contributed by atoms with E-state index in [2.05, 4.69) is 16.6 Å². The summed E-state index contributed by atoms with van der Waals surface area (Å²) in [6.07, 6.45) is -3.79. The van der Waals surface area contributed by atoms with E-state index in [1.165, 1.54) is 31.2 Å². The predicted molar refractivity (Wildman–Crippen MR) is 86.4 cm³/mol. The molecule has 9 heteroatoms. The van der Waals surface area contributed by atoms with Crippen molar-refractivity contribution in [2.45, 2.75) is 25.7 Å².